The van der Waals surface area contributed by atoms with Gasteiger partial charge in [0.2, 0.25) is 0 Å². The molecule has 18 heavy (non-hydrogen) atoms. The molecule has 0 bridgehead atoms. The molecule has 2 nitrogen and oxygen atoms in total. The molecule has 0 aliphatic heterocycles. The second kappa shape index (κ2) is 6.98. The Bertz CT molecular complexity index is 516. The standard InChI is InChI=1S/C14H14BrClO2/c15-13-3-1-12-10-14(4-2-11(12)9-13)18-8-7-17-6-5-16/h1-4,9-10H,5-8H2. The Labute approximate surface area is 120 Å². The summed E-state index contributed by atoms with van der Waals surface area (Å²) in [6.07, 6.45) is 0. The summed E-state index contributed by atoms with van der Waals surface area (Å²) in [7, 11) is 0. The summed E-state index contributed by atoms with van der Waals surface area (Å²) in [5, 5.41) is 2.35. The van der Waals surface area contributed by atoms with Gasteiger partial charge in [-0.1, -0.05) is 28.1 Å². The van der Waals surface area contributed by atoms with Gasteiger partial charge < -0.3 is 9.47 Å². The van der Waals surface area contributed by atoms with Crippen molar-refractivity contribution in [3.63, 3.8) is 0 Å². The van der Waals surface area contributed by atoms with E-state index in [1.54, 1.807) is 0 Å². The molecular weight excluding hydrogens is 316 g/mol. The van der Waals surface area contributed by atoms with E-state index in [0.717, 1.165) is 15.6 Å². The van der Waals surface area contributed by atoms with Crippen molar-refractivity contribution in [1.82, 2.24) is 0 Å². The van der Waals surface area contributed by atoms with Gasteiger partial charge in [0, 0.05) is 10.4 Å². The summed E-state index contributed by atoms with van der Waals surface area (Å²) >= 11 is 8.96. The Kier molecular flexibility index (Phi) is 5.29. The van der Waals surface area contributed by atoms with E-state index in [9.17, 15) is 0 Å². The van der Waals surface area contributed by atoms with Crippen molar-refractivity contribution < 1.29 is 9.47 Å². The average molecular weight is 330 g/mol. The van der Waals surface area contributed by atoms with Crippen LogP contribution in [0.3, 0.4) is 0 Å². The van der Waals surface area contributed by atoms with Crippen LogP contribution in [0.15, 0.2) is 40.9 Å². The first-order valence-electron chi connectivity index (χ1n) is 5.75. The number of ether oxygens (including phenoxy) is 2. The number of rotatable bonds is 6. The van der Waals surface area contributed by atoms with Crippen LogP contribution in [0, 0.1) is 0 Å². The fraction of sp³-hybridized carbons (Fsp3) is 0.286. The van der Waals surface area contributed by atoms with Crippen LogP contribution in [0.5, 0.6) is 5.75 Å². The summed E-state index contributed by atoms with van der Waals surface area (Å²) in [6.45, 7) is 1.67. The zero-order valence-electron chi connectivity index (χ0n) is 9.86. The molecule has 0 heterocycles. The van der Waals surface area contributed by atoms with Gasteiger partial charge in [-0.3, -0.25) is 0 Å². The SMILES string of the molecule is ClCCOCCOc1ccc2cc(Br)ccc2c1. The number of hydrogen-bond acceptors (Lipinski definition) is 2. The average Bonchev–Trinajstić information content (AvgIpc) is 2.38. The minimum atomic E-state index is 0.519. The van der Waals surface area contributed by atoms with Crippen LogP contribution in [0.2, 0.25) is 0 Å². The van der Waals surface area contributed by atoms with Crippen molar-refractivity contribution in [2.45, 2.75) is 0 Å². The van der Waals surface area contributed by atoms with Crippen LogP contribution in [-0.4, -0.2) is 25.7 Å². The lowest BCUT2D eigenvalue weighted by atomic mass is 10.1. The Morgan fingerprint density at radius 1 is 0.944 bits per heavy atom. The molecule has 0 fully saturated rings. The maximum absolute atomic E-state index is 5.61. The normalized spacial score (nSPS) is 10.8. The van der Waals surface area contributed by atoms with Crippen LogP contribution in [-0.2, 0) is 4.74 Å². The molecule has 2 aromatic rings. The lowest BCUT2D eigenvalue weighted by molar-refractivity contribution is 0.111. The maximum Gasteiger partial charge on any atom is 0.120 e. The van der Waals surface area contributed by atoms with Crippen molar-refractivity contribution in [3.8, 4) is 5.75 Å². The highest BCUT2D eigenvalue weighted by Gasteiger charge is 1.98. The Morgan fingerprint density at radius 3 is 2.56 bits per heavy atom. The lowest BCUT2D eigenvalue weighted by Crippen LogP contribution is -2.07. The molecule has 0 saturated carbocycles. The van der Waals surface area contributed by atoms with E-state index in [4.69, 9.17) is 21.1 Å². The molecule has 0 saturated heterocycles. The zero-order chi connectivity index (χ0) is 12.8. The quantitative estimate of drug-likeness (QED) is 0.583. The van der Waals surface area contributed by atoms with Crippen LogP contribution < -0.4 is 4.74 Å². The molecule has 0 aliphatic rings. The summed E-state index contributed by atoms with van der Waals surface area (Å²) in [5.74, 6) is 1.38. The highest BCUT2D eigenvalue weighted by molar-refractivity contribution is 9.10. The molecule has 2 rings (SSSR count). The Balaban J connectivity index is 1.95. The molecule has 0 N–H and O–H groups in total. The molecule has 0 radical (unpaired) electrons. The van der Waals surface area contributed by atoms with Crippen molar-refractivity contribution in [2.24, 2.45) is 0 Å². The zero-order valence-corrected chi connectivity index (χ0v) is 12.2. The van der Waals surface area contributed by atoms with Gasteiger partial charge in [0.15, 0.2) is 0 Å². The van der Waals surface area contributed by atoms with Crippen molar-refractivity contribution in [2.75, 3.05) is 25.7 Å². The predicted molar refractivity (Wildman–Crippen MR) is 78.7 cm³/mol. The maximum atomic E-state index is 5.61. The van der Waals surface area contributed by atoms with Gasteiger partial charge in [-0.05, 0) is 35.0 Å². The molecule has 0 aliphatic carbocycles. The second-order valence-electron chi connectivity index (χ2n) is 3.80. The minimum Gasteiger partial charge on any atom is -0.491 e. The summed E-state index contributed by atoms with van der Waals surface area (Å²) in [4.78, 5) is 0. The highest BCUT2D eigenvalue weighted by atomic mass is 79.9. The van der Waals surface area contributed by atoms with Crippen molar-refractivity contribution >= 4 is 38.3 Å². The highest BCUT2D eigenvalue weighted by Crippen LogP contribution is 2.23. The molecule has 0 amide bonds. The van der Waals surface area contributed by atoms with Gasteiger partial charge in [-0.25, -0.2) is 0 Å². The Hall–Kier alpha value is -0.770. The summed E-state index contributed by atoms with van der Waals surface area (Å²) in [6, 6.07) is 12.2. The van der Waals surface area contributed by atoms with Gasteiger partial charge in [0.25, 0.3) is 0 Å². The first-order chi connectivity index (χ1) is 8.79. The van der Waals surface area contributed by atoms with Gasteiger partial charge >= 0.3 is 0 Å². The molecule has 0 aromatic heterocycles. The monoisotopic (exact) mass is 328 g/mol. The van der Waals surface area contributed by atoms with Gasteiger partial charge in [0.05, 0.1) is 13.2 Å². The Morgan fingerprint density at radius 2 is 1.72 bits per heavy atom. The smallest absolute Gasteiger partial charge is 0.120 e. The largest absolute Gasteiger partial charge is 0.491 e. The van der Waals surface area contributed by atoms with Crippen molar-refractivity contribution in [1.29, 1.82) is 0 Å². The molecule has 2 aromatic carbocycles. The third-order valence-corrected chi connectivity index (χ3v) is 3.14. The van der Waals surface area contributed by atoms with E-state index in [2.05, 4.69) is 34.1 Å². The first-order valence-corrected chi connectivity index (χ1v) is 7.08. The lowest BCUT2D eigenvalue weighted by Gasteiger charge is -2.07. The predicted octanol–water partition coefficient (Wildman–Crippen LogP) is 4.24. The van der Waals surface area contributed by atoms with Gasteiger partial charge in [-0.15, -0.1) is 11.6 Å². The van der Waals surface area contributed by atoms with E-state index < -0.39 is 0 Å². The number of hydrogen-bond donors (Lipinski definition) is 0. The third kappa shape index (κ3) is 3.87. The van der Waals surface area contributed by atoms with Crippen LogP contribution in [0.4, 0.5) is 0 Å². The molecule has 96 valence electrons. The van der Waals surface area contributed by atoms with E-state index in [1.165, 1.54) is 5.39 Å². The fourth-order valence-corrected chi connectivity index (χ4v) is 2.15. The van der Waals surface area contributed by atoms with Crippen LogP contribution in [0.25, 0.3) is 10.8 Å². The summed E-state index contributed by atoms with van der Waals surface area (Å²) in [5.41, 5.74) is 0. The van der Waals surface area contributed by atoms with E-state index in [1.807, 2.05) is 18.2 Å². The van der Waals surface area contributed by atoms with Crippen LogP contribution >= 0.6 is 27.5 Å². The minimum absolute atomic E-state index is 0.519. The molecule has 0 unspecified atom stereocenters. The topological polar surface area (TPSA) is 18.5 Å². The first kappa shape index (κ1) is 13.7. The van der Waals surface area contributed by atoms with Crippen molar-refractivity contribution in [3.05, 3.63) is 40.9 Å². The van der Waals surface area contributed by atoms with Gasteiger partial charge in [-0.2, -0.15) is 0 Å². The third-order valence-electron chi connectivity index (χ3n) is 2.49. The number of benzene rings is 2. The van der Waals surface area contributed by atoms with Gasteiger partial charge in [0.1, 0.15) is 12.4 Å². The molecule has 0 atom stereocenters. The molecule has 4 heteroatoms. The number of fused-ring (bicyclic) bond motifs is 1. The van der Waals surface area contributed by atoms with Crippen LogP contribution in [0.1, 0.15) is 0 Å². The number of halogens is 2. The van der Waals surface area contributed by atoms with E-state index in [-0.39, 0.29) is 0 Å². The molecule has 0 spiro atoms. The summed E-state index contributed by atoms with van der Waals surface area (Å²) < 4.78 is 11.9. The fourth-order valence-electron chi connectivity index (χ4n) is 1.66. The van der Waals surface area contributed by atoms with E-state index >= 15 is 0 Å². The second-order valence-corrected chi connectivity index (χ2v) is 5.10. The van der Waals surface area contributed by atoms with E-state index in [0.29, 0.717) is 25.7 Å². The molecular formula is C14H14BrClO2. The number of alkyl halides is 1.